The number of benzene rings is 2. The number of nitrogens with one attached hydrogen (secondary N) is 3. The molecule has 0 unspecified atom stereocenters. The Labute approximate surface area is 270 Å². The number of carbonyl (C=O) groups is 2. The fourth-order valence-electron chi connectivity index (χ4n) is 7.47. The zero-order chi connectivity index (χ0) is 32.9. The van der Waals surface area contributed by atoms with Crippen LogP contribution in [0.25, 0.3) is 11.1 Å². The highest BCUT2D eigenvalue weighted by atomic mass is 32.2. The molecular weight excluding hydrogens is 612 g/mol. The van der Waals surface area contributed by atoms with Crippen molar-refractivity contribution < 1.29 is 31.5 Å². The first kappa shape index (κ1) is 32.9. The van der Waals surface area contributed by atoms with Crippen LogP contribution in [0, 0.1) is 5.82 Å². The highest BCUT2D eigenvalue weighted by molar-refractivity contribution is 7.91. The molecular formula is C35H45F2N3O5S. The Bertz CT molecular complexity index is 1620. The normalized spacial score (nSPS) is 27.0. The van der Waals surface area contributed by atoms with Gasteiger partial charge in [0.25, 0.3) is 5.91 Å². The van der Waals surface area contributed by atoms with Gasteiger partial charge in [-0.1, -0.05) is 38.0 Å². The number of rotatable bonds is 10. The summed E-state index contributed by atoms with van der Waals surface area (Å²) in [7, 11) is -3.80. The summed E-state index contributed by atoms with van der Waals surface area (Å²) in [5.74, 6) is -1.83. The van der Waals surface area contributed by atoms with Crippen molar-refractivity contribution in [1.29, 1.82) is 0 Å². The molecule has 1 spiro atoms. The standard InChI is InChI=1S/C35H45F2N3O5S/c1-4-26-27(8-7-9-29(26)36)28-18-23(22(2)31(41)40-46(43,44)33(3)16-17-33)10-13-30(28)45-25-12-11-24(19-25)39-32(42)35(37)20-34(38-21-35)14-5-6-15-34/h7-10,13,18,22,24-25,38H,4-6,11-12,14-17,19-21H2,1-3H3,(H,39,42)(H,40,41)/t22-,24+,25+,35+/m0/s1. The minimum atomic E-state index is -3.80. The number of hydrogen-bond acceptors (Lipinski definition) is 6. The molecule has 8 nitrogen and oxygen atoms in total. The van der Waals surface area contributed by atoms with E-state index in [2.05, 4.69) is 15.4 Å². The molecule has 250 valence electrons. The molecule has 3 saturated carbocycles. The van der Waals surface area contributed by atoms with Gasteiger partial charge in [-0.2, -0.15) is 0 Å². The summed E-state index contributed by atoms with van der Waals surface area (Å²) >= 11 is 0. The van der Waals surface area contributed by atoms with Crippen molar-refractivity contribution in [3.8, 4) is 16.9 Å². The van der Waals surface area contributed by atoms with Gasteiger partial charge in [0, 0.05) is 36.5 Å². The quantitative estimate of drug-likeness (QED) is 0.307. The van der Waals surface area contributed by atoms with Crippen molar-refractivity contribution in [2.75, 3.05) is 6.54 Å². The second kappa shape index (κ2) is 12.2. The van der Waals surface area contributed by atoms with E-state index in [1.54, 1.807) is 38.1 Å². The molecule has 0 bridgehead atoms. The van der Waals surface area contributed by atoms with Crippen LogP contribution in [0.4, 0.5) is 8.78 Å². The predicted octanol–water partition coefficient (Wildman–Crippen LogP) is 5.59. The van der Waals surface area contributed by atoms with E-state index in [1.807, 2.05) is 13.0 Å². The summed E-state index contributed by atoms with van der Waals surface area (Å²) in [5.41, 5.74) is 0.116. The van der Waals surface area contributed by atoms with Gasteiger partial charge in [-0.15, -0.1) is 0 Å². The molecule has 2 amide bonds. The molecule has 1 saturated heterocycles. The third-order valence-electron chi connectivity index (χ3n) is 10.8. The molecule has 3 aliphatic carbocycles. The van der Waals surface area contributed by atoms with Crippen LogP contribution in [0.5, 0.6) is 5.75 Å². The third kappa shape index (κ3) is 6.29. The fraction of sp³-hybridized carbons (Fsp3) is 0.600. The van der Waals surface area contributed by atoms with Crippen LogP contribution < -0.4 is 20.1 Å². The van der Waals surface area contributed by atoms with E-state index in [-0.39, 0.29) is 36.5 Å². The van der Waals surface area contributed by atoms with Gasteiger partial charge in [-0.25, -0.2) is 17.2 Å². The first-order valence-electron chi connectivity index (χ1n) is 16.7. The molecule has 1 heterocycles. The molecule has 3 N–H and O–H groups in total. The first-order chi connectivity index (χ1) is 21.8. The van der Waals surface area contributed by atoms with Crippen LogP contribution in [0.15, 0.2) is 36.4 Å². The van der Waals surface area contributed by atoms with Crippen LogP contribution in [0.3, 0.4) is 0 Å². The van der Waals surface area contributed by atoms with Crippen LogP contribution in [-0.4, -0.2) is 54.9 Å². The Balaban J connectivity index is 1.19. The largest absolute Gasteiger partial charge is 0.490 e. The minimum Gasteiger partial charge on any atom is -0.490 e. The average Bonchev–Trinajstić information content (AvgIpc) is 3.32. The Kier molecular flexibility index (Phi) is 8.72. The summed E-state index contributed by atoms with van der Waals surface area (Å²) in [6.07, 6.45) is 7.10. The number of halogens is 2. The number of alkyl halides is 1. The zero-order valence-electron chi connectivity index (χ0n) is 26.9. The maximum Gasteiger partial charge on any atom is 0.259 e. The summed E-state index contributed by atoms with van der Waals surface area (Å²) in [5, 5.41) is 6.25. The van der Waals surface area contributed by atoms with E-state index < -0.39 is 38.2 Å². The van der Waals surface area contributed by atoms with Crippen LogP contribution in [0.1, 0.15) is 102 Å². The summed E-state index contributed by atoms with van der Waals surface area (Å²) in [6, 6.07) is 9.85. The van der Waals surface area contributed by atoms with Crippen molar-refractivity contribution in [3.63, 3.8) is 0 Å². The van der Waals surface area contributed by atoms with Gasteiger partial charge in [0.2, 0.25) is 21.6 Å². The molecule has 2 aromatic carbocycles. The minimum absolute atomic E-state index is 0.0380. The van der Waals surface area contributed by atoms with Crippen molar-refractivity contribution >= 4 is 21.8 Å². The van der Waals surface area contributed by atoms with Crippen LogP contribution >= 0.6 is 0 Å². The van der Waals surface area contributed by atoms with Crippen molar-refractivity contribution in [1.82, 2.24) is 15.4 Å². The lowest BCUT2D eigenvalue weighted by molar-refractivity contribution is -0.132. The number of hydrogen-bond donors (Lipinski definition) is 3. The van der Waals surface area contributed by atoms with Gasteiger partial charge in [0.1, 0.15) is 17.7 Å². The number of amides is 2. The van der Waals surface area contributed by atoms with Gasteiger partial charge in [0.15, 0.2) is 0 Å². The van der Waals surface area contributed by atoms with Crippen LogP contribution in [0.2, 0.25) is 0 Å². The van der Waals surface area contributed by atoms with E-state index in [0.29, 0.717) is 66.5 Å². The lowest BCUT2D eigenvalue weighted by atomic mass is 9.89. The Morgan fingerprint density at radius 2 is 1.83 bits per heavy atom. The topological polar surface area (TPSA) is 114 Å². The van der Waals surface area contributed by atoms with Gasteiger partial charge < -0.3 is 15.4 Å². The van der Waals surface area contributed by atoms with E-state index in [0.717, 1.165) is 25.7 Å². The van der Waals surface area contributed by atoms with Gasteiger partial charge in [0.05, 0.1) is 10.7 Å². The molecule has 11 heteroatoms. The van der Waals surface area contributed by atoms with Crippen molar-refractivity contribution in [3.05, 3.63) is 53.3 Å². The van der Waals surface area contributed by atoms with Crippen molar-refractivity contribution in [2.45, 2.75) is 125 Å². The molecule has 46 heavy (non-hydrogen) atoms. The van der Waals surface area contributed by atoms with Crippen molar-refractivity contribution in [2.24, 2.45) is 0 Å². The van der Waals surface area contributed by atoms with Gasteiger partial charge >= 0.3 is 0 Å². The lowest BCUT2D eigenvalue weighted by Gasteiger charge is -2.25. The van der Waals surface area contributed by atoms with Crippen LogP contribution in [-0.2, 0) is 26.0 Å². The average molecular weight is 658 g/mol. The SMILES string of the molecule is CCc1c(F)cccc1-c1cc([C@H](C)C(=O)NS(=O)(=O)C2(C)CC2)ccc1O[C@@H]1CC[C@@H](NC(=O)[C@]2(F)CNC3(CCCC3)C2)C1. The van der Waals surface area contributed by atoms with E-state index in [4.69, 9.17) is 4.74 Å². The summed E-state index contributed by atoms with van der Waals surface area (Å²) in [6.45, 7) is 5.17. The fourth-order valence-corrected chi connectivity index (χ4v) is 8.80. The Morgan fingerprint density at radius 1 is 1.09 bits per heavy atom. The third-order valence-corrected chi connectivity index (χ3v) is 13.0. The molecule has 1 aliphatic heterocycles. The highest BCUT2D eigenvalue weighted by Crippen LogP contribution is 2.44. The second-order valence-electron chi connectivity index (χ2n) is 14.2. The van der Waals surface area contributed by atoms with E-state index in [1.165, 1.54) is 6.07 Å². The Morgan fingerprint density at radius 3 is 2.52 bits per heavy atom. The number of carbonyl (C=O) groups excluding carboxylic acids is 2. The predicted molar refractivity (Wildman–Crippen MR) is 172 cm³/mol. The number of sulfonamides is 1. The molecule has 0 radical (unpaired) electrons. The van der Waals surface area contributed by atoms with Gasteiger partial charge in [-0.05, 0) is 93.7 Å². The zero-order valence-corrected chi connectivity index (χ0v) is 27.7. The maximum atomic E-state index is 15.8. The molecule has 4 atom stereocenters. The summed E-state index contributed by atoms with van der Waals surface area (Å²) < 4.78 is 64.0. The lowest BCUT2D eigenvalue weighted by Crippen LogP contribution is -2.48. The molecule has 4 fully saturated rings. The molecule has 2 aromatic rings. The number of ether oxygens (including phenoxy) is 1. The highest BCUT2D eigenvalue weighted by Gasteiger charge is 2.54. The van der Waals surface area contributed by atoms with E-state index >= 15 is 4.39 Å². The Hall–Kier alpha value is -3.05. The monoisotopic (exact) mass is 657 g/mol. The van der Waals surface area contributed by atoms with E-state index in [9.17, 15) is 22.4 Å². The molecule has 4 aliphatic rings. The molecule has 6 rings (SSSR count). The smallest absolute Gasteiger partial charge is 0.259 e. The summed E-state index contributed by atoms with van der Waals surface area (Å²) in [4.78, 5) is 26.2. The van der Waals surface area contributed by atoms with Gasteiger partial charge in [-0.3, -0.25) is 14.3 Å². The molecule has 0 aromatic heterocycles. The first-order valence-corrected chi connectivity index (χ1v) is 18.1. The second-order valence-corrected chi connectivity index (χ2v) is 16.4. The maximum absolute atomic E-state index is 15.8.